The Balaban J connectivity index is 2.09. The summed E-state index contributed by atoms with van der Waals surface area (Å²) < 4.78 is 0. The van der Waals surface area contributed by atoms with E-state index in [1.54, 1.807) is 0 Å². The minimum Gasteiger partial charge on any atom is -0.313 e. The predicted octanol–water partition coefficient (Wildman–Crippen LogP) is 4.51. The van der Waals surface area contributed by atoms with Crippen LogP contribution in [0, 0.1) is 0 Å². The van der Waals surface area contributed by atoms with Gasteiger partial charge in [-0.2, -0.15) is 0 Å². The van der Waals surface area contributed by atoms with Gasteiger partial charge in [0.05, 0.1) is 0 Å². The monoisotopic (exact) mass is 281 g/mol. The van der Waals surface area contributed by atoms with Gasteiger partial charge in [0, 0.05) is 25.7 Å². The van der Waals surface area contributed by atoms with E-state index in [1.165, 1.54) is 24.4 Å². The topological polar surface area (TPSA) is 12.0 Å². The summed E-state index contributed by atoms with van der Waals surface area (Å²) in [7, 11) is -1.08. The second-order valence-electron chi connectivity index (χ2n) is 6.67. The smallest absolute Gasteiger partial charge is 0.0449 e. The van der Waals surface area contributed by atoms with Crippen LogP contribution in [-0.4, -0.2) is 20.7 Å². The maximum Gasteiger partial charge on any atom is 0.0449 e. The van der Waals surface area contributed by atoms with E-state index in [-0.39, 0.29) is 0 Å². The summed E-state index contributed by atoms with van der Waals surface area (Å²) >= 11 is 6.37. The first-order chi connectivity index (χ1) is 8.46. The van der Waals surface area contributed by atoms with E-state index < -0.39 is 8.07 Å². The van der Waals surface area contributed by atoms with Crippen LogP contribution < -0.4 is 5.32 Å². The molecule has 0 aromatic heterocycles. The molecule has 0 saturated heterocycles. The highest BCUT2D eigenvalue weighted by Gasteiger charge is 2.26. The molecule has 1 nitrogen and oxygen atoms in total. The summed E-state index contributed by atoms with van der Waals surface area (Å²) in [4.78, 5) is 0. The highest BCUT2D eigenvalue weighted by Crippen LogP contribution is 2.32. The zero-order valence-corrected chi connectivity index (χ0v) is 13.4. The zero-order valence-electron chi connectivity index (χ0n) is 11.7. The molecule has 0 radical (unpaired) electrons. The number of halogens is 1. The largest absolute Gasteiger partial charge is 0.313 e. The number of benzene rings is 1. The minimum absolute atomic E-state index is 0.575. The Labute approximate surface area is 117 Å². The van der Waals surface area contributed by atoms with Gasteiger partial charge >= 0.3 is 0 Å². The summed E-state index contributed by atoms with van der Waals surface area (Å²) in [6, 6.07) is 10.4. The van der Waals surface area contributed by atoms with Crippen LogP contribution in [0.2, 0.25) is 30.7 Å². The lowest BCUT2D eigenvalue weighted by Crippen LogP contribution is -2.30. The summed E-state index contributed by atoms with van der Waals surface area (Å²) in [5.41, 5.74) is 1.33. The van der Waals surface area contributed by atoms with Crippen LogP contribution in [0.5, 0.6) is 0 Å². The van der Waals surface area contributed by atoms with Crippen molar-refractivity contribution >= 4 is 19.7 Å². The second-order valence-corrected chi connectivity index (χ2v) is 12.6. The number of rotatable bonds is 6. The molecule has 0 bridgehead atoms. The molecule has 0 heterocycles. The van der Waals surface area contributed by atoms with E-state index in [9.17, 15) is 0 Å². The highest BCUT2D eigenvalue weighted by molar-refractivity contribution is 6.76. The lowest BCUT2D eigenvalue weighted by molar-refractivity contribution is 0.607. The van der Waals surface area contributed by atoms with E-state index in [2.05, 4.69) is 37.1 Å². The molecule has 1 aliphatic carbocycles. The lowest BCUT2D eigenvalue weighted by atomic mass is 10.0. The molecule has 0 aliphatic heterocycles. The molecule has 1 aliphatic rings. The molecule has 1 atom stereocenters. The molecule has 1 unspecified atom stereocenters. The number of nitrogens with one attached hydrogen (secondary N) is 1. The maximum absolute atomic E-state index is 6.37. The molecule has 0 spiro atoms. The van der Waals surface area contributed by atoms with E-state index in [0.717, 1.165) is 17.6 Å². The normalized spacial score (nSPS) is 17.8. The van der Waals surface area contributed by atoms with Crippen LogP contribution in [0.1, 0.15) is 24.3 Å². The van der Waals surface area contributed by atoms with Gasteiger partial charge in [-0.1, -0.05) is 49.4 Å². The van der Waals surface area contributed by atoms with Crippen molar-refractivity contribution in [2.75, 3.05) is 6.54 Å². The Hall–Kier alpha value is -0.313. The van der Waals surface area contributed by atoms with Crippen molar-refractivity contribution in [2.45, 2.75) is 50.5 Å². The van der Waals surface area contributed by atoms with Crippen LogP contribution in [0.15, 0.2) is 24.3 Å². The summed E-state index contributed by atoms with van der Waals surface area (Å²) in [6.45, 7) is 8.40. The van der Waals surface area contributed by atoms with Crippen molar-refractivity contribution in [1.29, 1.82) is 0 Å². The van der Waals surface area contributed by atoms with Gasteiger partial charge in [-0.3, -0.25) is 0 Å². The predicted molar refractivity (Wildman–Crippen MR) is 83.4 cm³/mol. The Morgan fingerprint density at radius 1 is 1.28 bits per heavy atom. The average Bonchev–Trinajstić information content (AvgIpc) is 3.07. The molecule has 0 amide bonds. The Morgan fingerprint density at radius 3 is 2.50 bits per heavy atom. The Bertz CT molecular complexity index is 396. The molecule has 100 valence electrons. The SMILES string of the molecule is C[Si](C)(C)CC(CNC1CC1)c1ccccc1Cl. The standard InChI is InChI=1S/C15H24ClNSi/c1-18(2,3)11-12(10-17-13-8-9-13)14-6-4-5-7-15(14)16/h4-7,12-13,17H,8-11H2,1-3H3. The third-order valence-corrected chi connectivity index (χ3v) is 5.50. The van der Waals surface area contributed by atoms with Gasteiger partial charge in [0.25, 0.3) is 0 Å². The van der Waals surface area contributed by atoms with Crippen molar-refractivity contribution in [3.05, 3.63) is 34.9 Å². The molecule has 1 fully saturated rings. The summed E-state index contributed by atoms with van der Waals surface area (Å²) in [6.07, 6.45) is 2.70. The van der Waals surface area contributed by atoms with Crippen LogP contribution in [-0.2, 0) is 0 Å². The number of hydrogen-bond donors (Lipinski definition) is 1. The molecule has 1 N–H and O–H groups in total. The fraction of sp³-hybridized carbons (Fsp3) is 0.600. The van der Waals surface area contributed by atoms with Crippen LogP contribution >= 0.6 is 11.6 Å². The molecule has 1 aromatic carbocycles. The summed E-state index contributed by atoms with van der Waals surface area (Å²) in [5.74, 6) is 0.575. The fourth-order valence-corrected chi connectivity index (χ4v) is 4.57. The zero-order chi connectivity index (χ0) is 13.2. The molecule has 1 saturated carbocycles. The van der Waals surface area contributed by atoms with Crippen molar-refractivity contribution in [1.82, 2.24) is 5.32 Å². The van der Waals surface area contributed by atoms with E-state index in [4.69, 9.17) is 11.6 Å². The first-order valence-electron chi connectivity index (χ1n) is 6.93. The molecule has 3 heteroatoms. The molecular formula is C15H24ClNSi. The van der Waals surface area contributed by atoms with Crippen molar-refractivity contribution < 1.29 is 0 Å². The van der Waals surface area contributed by atoms with Crippen molar-refractivity contribution in [2.24, 2.45) is 0 Å². The number of hydrogen-bond acceptors (Lipinski definition) is 1. The van der Waals surface area contributed by atoms with Crippen LogP contribution in [0.4, 0.5) is 0 Å². The molecule has 18 heavy (non-hydrogen) atoms. The van der Waals surface area contributed by atoms with Gasteiger partial charge in [0.15, 0.2) is 0 Å². The van der Waals surface area contributed by atoms with Crippen LogP contribution in [0.25, 0.3) is 0 Å². The fourth-order valence-electron chi connectivity index (χ4n) is 2.43. The Kier molecular flexibility index (Phi) is 4.52. The van der Waals surface area contributed by atoms with E-state index in [0.29, 0.717) is 5.92 Å². The Morgan fingerprint density at radius 2 is 1.94 bits per heavy atom. The lowest BCUT2D eigenvalue weighted by Gasteiger charge is -2.26. The first-order valence-corrected chi connectivity index (χ1v) is 11.0. The van der Waals surface area contributed by atoms with Crippen molar-refractivity contribution in [3.63, 3.8) is 0 Å². The van der Waals surface area contributed by atoms with E-state index >= 15 is 0 Å². The van der Waals surface area contributed by atoms with Gasteiger partial charge in [0.1, 0.15) is 0 Å². The van der Waals surface area contributed by atoms with Crippen molar-refractivity contribution in [3.8, 4) is 0 Å². The highest BCUT2D eigenvalue weighted by atomic mass is 35.5. The third kappa shape index (κ3) is 4.41. The third-order valence-electron chi connectivity index (χ3n) is 3.43. The first kappa shape index (κ1) is 14.1. The molecular weight excluding hydrogens is 258 g/mol. The van der Waals surface area contributed by atoms with Gasteiger partial charge in [0.2, 0.25) is 0 Å². The average molecular weight is 282 g/mol. The maximum atomic E-state index is 6.37. The van der Waals surface area contributed by atoms with Gasteiger partial charge in [-0.15, -0.1) is 0 Å². The van der Waals surface area contributed by atoms with E-state index in [1.807, 2.05) is 12.1 Å². The quantitative estimate of drug-likeness (QED) is 0.757. The second kappa shape index (κ2) is 5.77. The van der Waals surface area contributed by atoms with Gasteiger partial charge < -0.3 is 5.32 Å². The summed E-state index contributed by atoms with van der Waals surface area (Å²) in [5, 5.41) is 4.60. The van der Waals surface area contributed by atoms with Crippen LogP contribution in [0.3, 0.4) is 0 Å². The molecule has 1 aromatic rings. The molecule has 2 rings (SSSR count). The van der Waals surface area contributed by atoms with Gasteiger partial charge in [-0.25, -0.2) is 0 Å². The minimum atomic E-state index is -1.08. The van der Waals surface area contributed by atoms with Gasteiger partial charge in [-0.05, 0) is 36.4 Å².